The van der Waals surface area contributed by atoms with E-state index < -0.39 is 0 Å². The van der Waals surface area contributed by atoms with Gasteiger partial charge < -0.3 is 4.74 Å². The molecule has 98 valence electrons. The van der Waals surface area contributed by atoms with E-state index in [2.05, 4.69) is 31.1 Å². The summed E-state index contributed by atoms with van der Waals surface area (Å²) in [6.45, 7) is 8.98. The van der Waals surface area contributed by atoms with E-state index in [0.717, 1.165) is 38.3 Å². The summed E-state index contributed by atoms with van der Waals surface area (Å²) in [6.07, 6.45) is 6.57. The van der Waals surface area contributed by atoms with Crippen LogP contribution in [0, 0.1) is 5.92 Å². The molecule has 1 heterocycles. The zero-order valence-corrected chi connectivity index (χ0v) is 11.4. The predicted molar refractivity (Wildman–Crippen MR) is 68.9 cm³/mol. The number of ether oxygens (including phenoxy) is 1. The highest BCUT2D eigenvalue weighted by Gasteiger charge is 2.00. The summed E-state index contributed by atoms with van der Waals surface area (Å²) in [5.41, 5.74) is 1.09. The maximum Gasteiger partial charge on any atom is 0.0827 e. The van der Waals surface area contributed by atoms with Gasteiger partial charge in [0.25, 0.3) is 0 Å². The van der Waals surface area contributed by atoms with E-state index in [1.807, 2.05) is 10.9 Å². The van der Waals surface area contributed by atoms with Crippen LogP contribution in [0.1, 0.15) is 45.7 Å². The molecule has 0 amide bonds. The summed E-state index contributed by atoms with van der Waals surface area (Å²) in [6, 6.07) is 0. The minimum atomic E-state index is 0.710. The van der Waals surface area contributed by atoms with E-state index in [-0.39, 0.29) is 0 Å². The summed E-state index contributed by atoms with van der Waals surface area (Å²) >= 11 is 0. The molecule has 4 nitrogen and oxygen atoms in total. The second kappa shape index (κ2) is 8.23. The van der Waals surface area contributed by atoms with Crippen LogP contribution >= 0.6 is 0 Å². The Kier molecular flexibility index (Phi) is 6.86. The third-order valence-corrected chi connectivity index (χ3v) is 2.68. The number of rotatable bonds is 9. The monoisotopic (exact) mass is 239 g/mol. The van der Waals surface area contributed by atoms with Crippen molar-refractivity contribution in [2.45, 2.75) is 53.0 Å². The van der Waals surface area contributed by atoms with E-state index >= 15 is 0 Å². The van der Waals surface area contributed by atoms with E-state index in [4.69, 9.17) is 4.74 Å². The highest BCUT2D eigenvalue weighted by molar-refractivity contribution is 4.91. The molecule has 0 aromatic carbocycles. The molecule has 17 heavy (non-hydrogen) atoms. The fourth-order valence-electron chi connectivity index (χ4n) is 1.50. The Balaban J connectivity index is 2.12. The number of nitrogens with zero attached hydrogens (tertiary/aromatic N) is 3. The zero-order valence-electron chi connectivity index (χ0n) is 11.4. The molecular formula is C13H25N3O. The maximum absolute atomic E-state index is 5.55. The van der Waals surface area contributed by atoms with Crippen LogP contribution in [0.5, 0.6) is 0 Å². The summed E-state index contributed by atoms with van der Waals surface area (Å²) in [7, 11) is 0. The van der Waals surface area contributed by atoms with Crippen LogP contribution in [0.25, 0.3) is 0 Å². The Hall–Kier alpha value is -0.900. The molecule has 0 saturated heterocycles. The van der Waals surface area contributed by atoms with Gasteiger partial charge in [-0.15, -0.1) is 5.10 Å². The van der Waals surface area contributed by atoms with Crippen molar-refractivity contribution in [3.63, 3.8) is 0 Å². The van der Waals surface area contributed by atoms with Gasteiger partial charge in [-0.3, -0.25) is 0 Å². The second-order valence-corrected chi connectivity index (χ2v) is 4.87. The largest absolute Gasteiger partial charge is 0.380 e. The van der Waals surface area contributed by atoms with Gasteiger partial charge in [0.1, 0.15) is 0 Å². The first kappa shape index (κ1) is 14.2. The molecule has 0 spiro atoms. The summed E-state index contributed by atoms with van der Waals surface area (Å²) in [5.74, 6) is 0.710. The number of unbranched alkanes of at least 4 members (excludes halogenated alkanes) is 1. The lowest BCUT2D eigenvalue weighted by Crippen LogP contribution is -2.08. The van der Waals surface area contributed by atoms with E-state index in [0.29, 0.717) is 5.92 Å². The molecule has 0 radical (unpaired) electrons. The average molecular weight is 239 g/mol. The Morgan fingerprint density at radius 3 is 2.88 bits per heavy atom. The third kappa shape index (κ3) is 6.41. The van der Waals surface area contributed by atoms with Crippen molar-refractivity contribution in [1.82, 2.24) is 15.0 Å². The van der Waals surface area contributed by atoms with Gasteiger partial charge >= 0.3 is 0 Å². The lowest BCUT2D eigenvalue weighted by atomic mass is 10.1. The van der Waals surface area contributed by atoms with Crippen molar-refractivity contribution >= 4 is 0 Å². The van der Waals surface area contributed by atoms with Crippen LogP contribution in [0.15, 0.2) is 6.20 Å². The molecular weight excluding hydrogens is 214 g/mol. The molecule has 4 heteroatoms. The van der Waals surface area contributed by atoms with E-state index in [1.54, 1.807) is 0 Å². The van der Waals surface area contributed by atoms with Gasteiger partial charge in [0, 0.05) is 12.8 Å². The highest BCUT2D eigenvalue weighted by Crippen LogP contribution is 2.01. The zero-order chi connectivity index (χ0) is 12.5. The topological polar surface area (TPSA) is 39.9 Å². The highest BCUT2D eigenvalue weighted by atomic mass is 16.5. The van der Waals surface area contributed by atoms with Crippen LogP contribution in [0.4, 0.5) is 0 Å². The number of aromatic nitrogens is 3. The van der Waals surface area contributed by atoms with E-state index in [1.165, 1.54) is 12.8 Å². The molecule has 0 bridgehead atoms. The molecule has 0 fully saturated rings. The van der Waals surface area contributed by atoms with Gasteiger partial charge in [-0.1, -0.05) is 32.4 Å². The molecule has 0 aliphatic carbocycles. The first-order valence-corrected chi connectivity index (χ1v) is 6.69. The van der Waals surface area contributed by atoms with Crippen LogP contribution in [0.2, 0.25) is 0 Å². The van der Waals surface area contributed by atoms with Crippen molar-refractivity contribution < 1.29 is 4.74 Å². The van der Waals surface area contributed by atoms with Crippen molar-refractivity contribution in [2.24, 2.45) is 5.92 Å². The summed E-state index contributed by atoms with van der Waals surface area (Å²) < 4.78 is 7.43. The molecule has 0 saturated carbocycles. The Morgan fingerprint density at radius 1 is 1.35 bits per heavy atom. The van der Waals surface area contributed by atoms with Crippen LogP contribution in [-0.2, 0) is 17.7 Å². The van der Waals surface area contributed by atoms with Crippen molar-refractivity contribution in [3.05, 3.63) is 11.9 Å². The van der Waals surface area contributed by atoms with Crippen molar-refractivity contribution in [3.8, 4) is 0 Å². The van der Waals surface area contributed by atoms with Gasteiger partial charge in [-0.05, 0) is 25.2 Å². The molecule has 1 aromatic rings. The lowest BCUT2D eigenvalue weighted by Gasteiger charge is -2.05. The van der Waals surface area contributed by atoms with Crippen LogP contribution < -0.4 is 0 Å². The Morgan fingerprint density at radius 2 is 2.18 bits per heavy atom. The normalized spacial score (nSPS) is 11.3. The van der Waals surface area contributed by atoms with Crippen molar-refractivity contribution in [2.75, 3.05) is 13.2 Å². The van der Waals surface area contributed by atoms with Crippen molar-refractivity contribution in [1.29, 1.82) is 0 Å². The van der Waals surface area contributed by atoms with Gasteiger partial charge in [0.05, 0.1) is 18.8 Å². The lowest BCUT2D eigenvalue weighted by molar-refractivity contribution is 0.113. The number of hydrogen-bond acceptors (Lipinski definition) is 3. The fourth-order valence-corrected chi connectivity index (χ4v) is 1.50. The molecule has 0 unspecified atom stereocenters. The Labute approximate surface area is 104 Å². The first-order valence-electron chi connectivity index (χ1n) is 6.69. The molecule has 0 aliphatic rings. The quantitative estimate of drug-likeness (QED) is 0.622. The standard InChI is InChI=1S/C13H25N3O/c1-4-5-6-13-11-16(15-14-13)8-10-17-9-7-12(2)3/h11-12H,4-10H2,1-3H3. The third-order valence-electron chi connectivity index (χ3n) is 2.68. The molecule has 1 rings (SSSR count). The minimum Gasteiger partial charge on any atom is -0.380 e. The predicted octanol–water partition coefficient (Wildman–Crippen LogP) is 2.68. The number of aryl methyl sites for hydroxylation is 1. The molecule has 0 N–H and O–H groups in total. The SMILES string of the molecule is CCCCc1cn(CCOCCC(C)C)nn1. The van der Waals surface area contributed by atoms with E-state index in [9.17, 15) is 0 Å². The minimum absolute atomic E-state index is 0.710. The fraction of sp³-hybridized carbons (Fsp3) is 0.846. The first-order chi connectivity index (χ1) is 8.22. The van der Waals surface area contributed by atoms with Gasteiger partial charge in [0.2, 0.25) is 0 Å². The Bertz CT molecular complexity index is 297. The molecule has 0 atom stereocenters. The van der Waals surface area contributed by atoms with Gasteiger partial charge in [-0.25, -0.2) is 4.68 Å². The molecule has 0 aliphatic heterocycles. The average Bonchev–Trinajstić information content (AvgIpc) is 2.73. The summed E-state index contributed by atoms with van der Waals surface area (Å²) in [4.78, 5) is 0. The van der Waals surface area contributed by atoms with Gasteiger partial charge in [0.15, 0.2) is 0 Å². The molecule has 1 aromatic heterocycles. The second-order valence-electron chi connectivity index (χ2n) is 4.87. The smallest absolute Gasteiger partial charge is 0.0827 e. The van der Waals surface area contributed by atoms with Crippen LogP contribution in [0.3, 0.4) is 0 Å². The maximum atomic E-state index is 5.55. The number of hydrogen-bond donors (Lipinski definition) is 0. The van der Waals surface area contributed by atoms with Gasteiger partial charge in [-0.2, -0.15) is 0 Å². The summed E-state index contributed by atoms with van der Waals surface area (Å²) in [5, 5.41) is 8.23. The van der Waals surface area contributed by atoms with Crippen LogP contribution in [-0.4, -0.2) is 28.2 Å².